The quantitative estimate of drug-likeness (QED) is 0.270. The van der Waals surface area contributed by atoms with Crippen molar-refractivity contribution in [3.8, 4) is 11.5 Å². The Morgan fingerprint density at radius 3 is 2.53 bits per heavy atom. The molecule has 1 heterocycles. The molecule has 0 bridgehead atoms. The van der Waals surface area contributed by atoms with Gasteiger partial charge >= 0.3 is 11.9 Å². The maximum absolute atomic E-state index is 12.8. The summed E-state index contributed by atoms with van der Waals surface area (Å²) in [4.78, 5) is 25.2. The molecular weight excluding hydrogens is 406 g/mol. The summed E-state index contributed by atoms with van der Waals surface area (Å²) in [7, 11) is 1.52. The molecule has 1 fully saturated rings. The van der Waals surface area contributed by atoms with Gasteiger partial charge in [0.2, 0.25) is 0 Å². The predicted octanol–water partition coefficient (Wildman–Crippen LogP) is 4.73. The van der Waals surface area contributed by atoms with E-state index in [2.05, 4.69) is 5.32 Å². The number of hydrogen-bond donors (Lipinski definition) is 2. The third-order valence-corrected chi connectivity index (χ3v) is 5.32. The topological polar surface area (TPSA) is 84.9 Å². The summed E-state index contributed by atoms with van der Waals surface area (Å²) in [5, 5.41) is 13.2. The highest BCUT2D eigenvalue weighted by atomic mass is 16.5. The van der Waals surface area contributed by atoms with Crippen LogP contribution < -0.4 is 14.8 Å². The van der Waals surface area contributed by atoms with Crippen LogP contribution in [-0.4, -0.2) is 36.7 Å². The molecule has 3 rings (SSSR count). The van der Waals surface area contributed by atoms with E-state index in [1.165, 1.54) is 7.11 Å². The molecule has 0 spiro atoms. The van der Waals surface area contributed by atoms with Gasteiger partial charge in [0, 0.05) is 5.56 Å². The van der Waals surface area contributed by atoms with Crippen molar-refractivity contribution in [3.05, 3.63) is 70.3 Å². The Kier molecular flexibility index (Phi) is 7.84. The average Bonchev–Trinajstić information content (AvgIpc) is 3.32. The van der Waals surface area contributed by atoms with Crippen LogP contribution in [0.15, 0.2) is 48.0 Å². The smallest absolute Gasteiger partial charge is 0.340 e. The van der Waals surface area contributed by atoms with Gasteiger partial charge in [0.25, 0.3) is 0 Å². The van der Waals surface area contributed by atoms with Crippen LogP contribution in [0.2, 0.25) is 0 Å². The summed E-state index contributed by atoms with van der Waals surface area (Å²) >= 11 is 0. The molecule has 0 amide bonds. The first-order valence-corrected chi connectivity index (χ1v) is 10.7. The monoisotopic (exact) mass is 435 g/mol. The SMILES string of the molecule is COc1cc(/C=C/c2ccccc2)c(C(=O)O)c(OC(=O)C2CCCN2)c1CC=C(C)C. The van der Waals surface area contributed by atoms with Crippen molar-refractivity contribution in [1.82, 2.24) is 5.32 Å². The van der Waals surface area contributed by atoms with Crippen LogP contribution in [0.5, 0.6) is 11.5 Å². The van der Waals surface area contributed by atoms with Crippen LogP contribution in [0.3, 0.4) is 0 Å². The van der Waals surface area contributed by atoms with Crippen molar-refractivity contribution in [1.29, 1.82) is 0 Å². The van der Waals surface area contributed by atoms with Crippen molar-refractivity contribution in [3.63, 3.8) is 0 Å². The summed E-state index contributed by atoms with van der Waals surface area (Å²) < 4.78 is 11.4. The van der Waals surface area contributed by atoms with Gasteiger partial charge in [-0.15, -0.1) is 0 Å². The van der Waals surface area contributed by atoms with Gasteiger partial charge < -0.3 is 19.9 Å². The van der Waals surface area contributed by atoms with Crippen molar-refractivity contribution in [2.75, 3.05) is 13.7 Å². The first-order valence-electron chi connectivity index (χ1n) is 10.7. The Bertz CT molecular complexity index is 1030. The van der Waals surface area contributed by atoms with E-state index in [1.807, 2.05) is 56.3 Å². The number of carboxylic acids is 1. The molecule has 1 saturated heterocycles. The molecule has 2 N–H and O–H groups in total. The number of rotatable bonds is 8. The molecule has 32 heavy (non-hydrogen) atoms. The molecule has 6 nitrogen and oxygen atoms in total. The van der Waals surface area contributed by atoms with Crippen LogP contribution >= 0.6 is 0 Å². The fourth-order valence-corrected chi connectivity index (χ4v) is 3.65. The molecule has 1 atom stereocenters. The number of carbonyl (C=O) groups excluding carboxylic acids is 1. The lowest BCUT2D eigenvalue weighted by molar-refractivity contribution is -0.136. The van der Waals surface area contributed by atoms with Gasteiger partial charge in [0.05, 0.1) is 7.11 Å². The molecule has 1 aliphatic rings. The lowest BCUT2D eigenvalue weighted by Gasteiger charge is -2.19. The third-order valence-electron chi connectivity index (χ3n) is 5.32. The van der Waals surface area contributed by atoms with Crippen LogP contribution in [0, 0.1) is 0 Å². The van der Waals surface area contributed by atoms with E-state index < -0.39 is 18.0 Å². The average molecular weight is 436 g/mol. The van der Waals surface area contributed by atoms with E-state index in [1.54, 1.807) is 12.1 Å². The van der Waals surface area contributed by atoms with Gasteiger partial charge in [-0.2, -0.15) is 0 Å². The van der Waals surface area contributed by atoms with Gasteiger partial charge in [0.15, 0.2) is 5.75 Å². The van der Waals surface area contributed by atoms with Crippen molar-refractivity contribution >= 4 is 24.1 Å². The number of hydrogen-bond acceptors (Lipinski definition) is 5. The predicted molar refractivity (Wildman–Crippen MR) is 125 cm³/mol. The third kappa shape index (κ3) is 5.65. The number of ether oxygens (including phenoxy) is 2. The highest BCUT2D eigenvalue weighted by Gasteiger charge is 2.29. The highest BCUT2D eigenvalue weighted by Crippen LogP contribution is 2.38. The lowest BCUT2D eigenvalue weighted by atomic mass is 9.97. The zero-order valence-electron chi connectivity index (χ0n) is 18.7. The summed E-state index contributed by atoms with van der Waals surface area (Å²) in [5.74, 6) is -1.13. The molecular formula is C26H29NO5. The molecule has 0 saturated carbocycles. The number of benzene rings is 2. The van der Waals surface area contributed by atoms with Gasteiger partial charge in [0.1, 0.15) is 17.4 Å². The Hall–Kier alpha value is -3.38. The Balaban J connectivity index is 2.14. The van der Waals surface area contributed by atoms with Gasteiger partial charge in [-0.1, -0.05) is 54.1 Å². The second-order valence-electron chi connectivity index (χ2n) is 7.96. The minimum Gasteiger partial charge on any atom is -0.496 e. The van der Waals surface area contributed by atoms with Crippen molar-refractivity contribution < 1.29 is 24.2 Å². The molecule has 1 unspecified atom stereocenters. The molecule has 0 aromatic heterocycles. The molecule has 168 valence electrons. The van der Waals surface area contributed by atoms with Crippen molar-refractivity contribution in [2.24, 2.45) is 0 Å². The second kappa shape index (κ2) is 10.8. The standard InChI is InChI=1S/C26H29NO5/c1-17(2)11-14-20-22(31-3)16-19(13-12-18-8-5-4-6-9-18)23(25(28)29)24(20)32-26(30)21-10-7-15-27-21/h4-6,8-9,11-13,16,21,27H,7,10,14-15H2,1-3H3,(H,28,29)/b13-12+. The van der Waals surface area contributed by atoms with Crippen LogP contribution in [-0.2, 0) is 11.2 Å². The van der Waals surface area contributed by atoms with E-state index in [4.69, 9.17) is 9.47 Å². The van der Waals surface area contributed by atoms with E-state index in [0.717, 1.165) is 24.1 Å². The Morgan fingerprint density at radius 2 is 1.94 bits per heavy atom. The van der Waals surface area contributed by atoms with Crippen LogP contribution in [0.25, 0.3) is 12.2 Å². The highest BCUT2D eigenvalue weighted by molar-refractivity contribution is 5.99. The van der Waals surface area contributed by atoms with E-state index in [9.17, 15) is 14.7 Å². The number of aromatic carboxylic acids is 1. The zero-order valence-corrected chi connectivity index (χ0v) is 18.7. The second-order valence-corrected chi connectivity index (χ2v) is 7.96. The van der Waals surface area contributed by atoms with Crippen LogP contribution in [0.4, 0.5) is 0 Å². The lowest BCUT2D eigenvalue weighted by Crippen LogP contribution is -2.34. The molecule has 1 aliphatic heterocycles. The number of nitrogens with one attached hydrogen (secondary N) is 1. The number of esters is 1. The fourth-order valence-electron chi connectivity index (χ4n) is 3.65. The normalized spacial score (nSPS) is 15.5. The van der Waals surface area contributed by atoms with E-state index >= 15 is 0 Å². The zero-order chi connectivity index (χ0) is 23.1. The molecule has 2 aromatic carbocycles. The maximum Gasteiger partial charge on any atom is 0.340 e. The summed E-state index contributed by atoms with van der Waals surface area (Å²) in [6, 6.07) is 10.8. The largest absolute Gasteiger partial charge is 0.496 e. The van der Waals surface area contributed by atoms with Gasteiger partial charge in [-0.3, -0.25) is 0 Å². The fraction of sp³-hybridized carbons (Fsp3) is 0.308. The van der Waals surface area contributed by atoms with Gasteiger partial charge in [-0.05, 0) is 56.8 Å². The van der Waals surface area contributed by atoms with Crippen molar-refractivity contribution in [2.45, 2.75) is 39.2 Å². The Labute approximate surface area is 188 Å². The number of carboxylic acid groups (broad SMARTS) is 1. The first-order chi connectivity index (χ1) is 15.4. The van der Waals surface area contributed by atoms with E-state index in [0.29, 0.717) is 29.7 Å². The minimum absolute atomic E-state index is 0.0424. The molecule has 0 radical (unpaired) electrons. The Morgan fingerprint density at radius 1 is 1.19 bits per heavy atom. The summed E-state index contributed by atoms with van der Waals surface area (Å²) in [6.45, 7) is 4.64. The minimum atomic E-state index is -1.17. The first kappa shape index (κ1) is 23.3. The van der Waals surface area contributed by atoms with E-state index in [-0.39, 0.29) is 11.3 Å². The number of methoxy groups -OCH3 is 1. The van der Waals surface area contributed by atoms with Crippen LogP contribution in [0.1, 0.15) is 53.7 Å². The van der Waals surface area contributed by atoms with Gasteiger partial charge in [-0.25, -0.2) is 9.59 Å². The summed E-state index contributed by atoms with van der Waals surface area (Å²) in [5.41, 5.74) is 2.87. The maximum atomic E-state index is 12.8. The molecule has 6 heteroatoms. The molecule has 0 aliphatic carbocycles. The summed E-state index contributed by atoms with van der Waals surface area (Å²) in [6.07, 6.45) is 7.40. The number of carbonyl (C=O) groups is 2. The molecule has 2 aromatic rings. The number of allylic oxidation sites excluding steroid dienone is 2.